The van der Waals surface area contributed by atoms with Gasteiger partial charge in [0.05, 0.1) is 6.20 Å². The van der Waals surface area contributed by atoms with E-state index >= 15 is 0 Å². The number of anilines is 2. The molecule has 3 aromatic heterocycles. The Morgan fingerprint density at radius 3 is 2.79 bits per heavy atom. The number of pyridine rings is 1. The van der Waals surface area contributed by atoms with Crippen molar-refractivity contribution in [3.8, 4) is 0 Å². The second-order valence-electron chi connectivity index (χ2n) is 7.18. The smallest absolute Gasteiger partial charge is 0.162 e. The van der Waals surface area contributed by atoms with Crippen LogP contribution in [0.5, 0.6) is 0 Å². The number of aliphatic hydroxyl groups excluding tert-OH is 1. The molecule has 1 aliphatic heterocycles. The lowest BCUT2D eigenvalue weighted by molar-refractivity contribution is 0.215. The summed E-state index contributed by atoms with van der Waals surface area (Å²) < 4.78 is 1.87. The lowest BCUT2D eigenvalue weighted by Gasteiger charge is -2.35. The van der Waals surface area contributed by atoms with Gasteiger partial charge in [0.25, 0.3) is 0 Å². The first kappa shape index (κ1) is 18.6. The van der Waals surface area contributed by atoms with Crippen molar-refractivity contribution in [3.63, 3.8) is 0 Å². The predicted molar refractivity (Wildman–Crippen MR) is 110 cm³/mol. The van der Waals surface area contributed by atoms with Crippen LogP contribution in [0.4, 0.5) is 11.6 Å². The Balaban J connectivity index is 1.53. The molecule has 8 nitrogen and oxygen atoms in total. The summed E-state index contributed by atoms with van der Waals surface area (Å²) in [6.07, 6.45) is 6.34. The van der Waals surface area contributed by atoms with Crippen LogP contribution in [0, 0.1) is 6.92 Å². The molecule has 0 saturated carbocycles. The van der Waals surface area contributed by atoms with Crippen LogP contribution in [0.25, 0.3) is 5.65 Å². The Morgan fingerprint density at radius 1 is 1.18 bits per heavy atom. The Kier molecular flexibility index (Phi) is 5.68. The fraction of sp³-hybridized carbons (Fsp3) is 0.450. The Hall–Kier alpha value is -2.71. The van der Waals surface area contributed by atoms with Crippen molar-refractivity contribution >= 4 is 17.3 Å². The normalized spacial score (nSPS) is 15.3. The van der Waals surface area contributed by atoms with E-state index in [1.165, 1.54) is 0 Å². The average molecular weight is 381 g/mol. The van der Waals surface area contributed by atoms with Crippen LogP contribution in [0.1, 0.15) is 17.5 Å². The van der Waals surface area contributed by atoms with Crippen LogP contribution in [-0.4, -0.2) is 68.9 Å². The van der Waals surface area contributed by atoms with Gasteiger partial charge in [-0.1, -0.05) is 6.07 Å². The van der Waals surface area contributed by atoms with Crippen LogP contribution in [0.2, 0.25) is 0 Å². The van der Waals surface area contributed by atoms with Gasteiger partial charge in [-0.3, -0.25) is 9.88 Å². The topological polar surface area (TPSA) is 81.8 Å². The predicted octanol–water partition coefficient (Wildman–Crippen LogP) is 1.55. The molecule has 4 heterocycles. The molecule has 0 atom stereocenters. The number of aryl methyl sites for hydroxylation is 1. The summed E-state index contributed by atoms with van der Waals surface area (Å²) in [6.45, 7) is 7.78. The zero-order chi connectivity index (χ0) is 19.3. The number of hydrogen-bond donors (Lipinski definition) is 2. The van der Waals surface area contributed by atoms with Gasteiger partial charge in [-0.2, -0.15) is 9.61 Å². The summed E-state index contributed by atoms with van der Waals surface area (Å²) in [5.74, 6) is 1.91. The third kappa shape index (κ3) is 4.07. The van der Waals surface area contributed by atoms with Gasteiger partial charge in [-0.25, -0.2) is 4.98 Å². The van der Waals surface area contributed by atoms with Crippen molar-refractivity contribution in [1.82, 2.24) is 24.5 Å². The van der Waals surface area contributed by atoms with Crippen LogP contribution in [0.3, 0.4) is 0 Å². The van der Waals surface area contributed by atoms with Crippen LogP contribution < -0.4 is 10.2 Å². The van der Waals surface area contributed by atoms with Crippen molar-refractivity contribution in [2.75, 3.05) is 49.5 Å². The molecule has 8 heteroatoms. The van der Waals surface area contributed by atoms with E-state index in [1.807, 2.05) is 29.9 Å². The van der Waals surface area contributed by atoms with Gasteiger partial charge in [0.2, 0.25) is 0 Å². The fourth-order valence-corrected chi connectivity index (χ4v) is 3.54. The van der Waals surface area contributed by atoms with E-state index in [2.05, 4.69) is 37.3 Å². The highest BCUT2D eigenvalue weighted by Crippen LogP contribution is 2.23. The number of aliphatic hydroxyl groups is 1. The maximum atomic E-state index is 9.03. The van der Waals surface area contributed by atoms with E-state index in [-0.39, 0.29) is 6.61 Å². The lowest BCUT2D eigenvalue weighted by atomic mass is 10.2. The number of rotatable bonds is 7. The molecule has 1 saturated heterocycles. The summed E-state index contributed by atoms with van der Waals surface area (Å²) in [5.41, 5.74) is 3.07. The van der Waals surface area contributed by atoms with Gasteiger partial charge in [-0.15, -0.1) is 0 Å². The highest BCUT2D eigenvalue weighted by Gasteiger charge is 2.20. The molecule has 1 aliphatic rings. The molecular weight excluding hydrogens is 354 g/mol. The first-order chi connectivity index (χ1) is 13.7. The number of nitrogens with zero attached hydrogens (tertiary/aromatic N) is 6. The second kappa shape index (κ2) is 8.53. The minimum atomic E-state index is 0.255. The van der Waals surface area contributed by atoms with Crippen molar-refractivity contribution in [3.05, 3.63) is 47.9 Å². The number of aromatic nitrogens is 4. The maximum absolute atomic E-state index is 9.03. The number of piperazine rings is 1. The van der Waals surface area contributed by atoms with E-state index in [1.54, 1.807) is 6.20 Å². The first-order valence-corrected chi connectivity index (χ1v) is 9.81. The summed E-state index contributed by atoms with van der Waals surface area (Å²) in [4.78, 5) is 13.8. The second-order valence-corrected chi connectivity index (χ2v) is 7.18. The first-order valence-electron chi connectivity index (χ1n) is 9.81. The molecule has 0 unspecified atom stereocenters. The summed E-state index contributed by atoms with van der Waals surface area (Å²) in [7, 11) is 0. The van der Waals surface area contributed by atoms with Crippen LogP contribution >= 0.6 is 0 Å². The third-order valence-electron chi connectivity index (χ3n) is 5.16. The van der Waals surface area contributed by atoms with Crippen LogP contribution in [-0.2, 0) is 6.54 Å². The van der Waals surface area contributed by atoms with Gasteiger partial charge in [0, 0.05) is 69.9 Å². The molecule has 0 amide bonds. The molecule has 1 fully saturated rings. The molecule has 0 radical (unpaired) electrons. The van der Waals surface area contributed by atoms with Crippen molar-refractivity contribution in [2.24, 2.45) is 0 Å². The van der Waals surface area contributed by atoms with Gasteiger partial charge >= 0.3 is 0 Å². The zero-order valence-corrected chi connectivity index (χ0v) is 16.3. The number of nitrogens with one attached hydrogen (secondary N) is 1. The quantitative estimate of drug-likeness (QED) is 0.643. The summed E-state index contributed by atoms with van der Waals surface area (Å²) >= 11 is 0. The van der Waals surface area contributed by atoms with Gasteiger partial charge < -0.3 is 15.3 Å². The monoisotopic (exact) mass is 381 g/mol. The maximum Gasteiger partial charge on any atom is 0.162 e. The van der Waals surface area contributed by atoms with Gasteiger partial charge in [-0.05, 0) is 25.0 Å². The Labute approximate surface area is 164 Å². The Bertz CT molecular complexity index is 904. The third-order valence-corrected chi connectivity index (χ3v) is 5.16. The molecular formula is C20H27N7O. The van der Waals surface area contributed by atoms with E-state index < -0.39 is 0 Å². The molecule has 0 aliphatic carbocycles. The van der Waals surface area contributed by atoms with Crippen molar-refractivity contribution in [2.45, 2.75) is 19.9 Å². The number of fused-ring (bicyclic) bond motifs is 1. The fourth-order valence-electron chi connectivity index (χ4n) is 3.54. The molecule has 4 rings (SSSR count). The minimum absolute atomic E-state index is 0.255. The summed E-state index contributed by atoms with van der Waals surface area (Å²) in [6, 6.07) is 6.08. The highest BCUT2D eigenvalue weighted by molar-refractivity contribution is 5.61. The minimum Gasteiger partial charge on any atom is -0.396 e. The molecule has 148 valence electrons. The molecule has 3 aromatic rings. The van der Waals surface area contributed by atoms with E-state index in [9.17, 15) is 0 Å². The molecule has 2 N–H and O–H groups in total. The zero-order valence-electron chi connectivity index (χ0n) is 16.3. The number of hydrogen-bond acceptors (Lipinski definition) is 7. The lowest BCUT2D eigenvalue weighted by Crippen LogP contribution is -2.47. The SMILES string of the molecule is Cc1cnn2c(NCc3cccnc3)cc(N3CCN(CCCO)CC3)nc12. The highest BCUT2D eigenvalue weighted by atomic mass is 16.3. The van der Waals surface area contributed by atoms with E-state index in [0.29, 0.717) is 6.54 Å². The Morgan fingerprint density at radius 2 is 2.04 bits per heavy atom. The van der Waals surface area contributed by atoms with Crippen molar-refractivity contribution in [1.29, 1.82) is 0 Å². The van der Waals surface area contributed by atoms with Crippen LogP contribution in [0.15, 0.2) is 36.8 Å². The molecule has 0 aromatic carbocycles. The van der Waals surface area contributed by atoms with Gasteiger partial charge in [0.1, 0.15) is 11.6 Å². The van der Waals surface area contributed by atoms with E-state index in [0.717, 1.165) is 67.6 Å². The summed E-state index contributed by atoms with van der Waals surface area (Å²) in [5, 5.41) is 17.0. The van der Waals surface area contributed by atoms with Gasteiger partial charge in [0.15, 0.2) is 5.65 Å². The van der Waals surface area contributed by atoms with E-state index in [4.69, 9.17) is 10.1 Å². The van der Waals surface area contributed by atoms with Crippen molar-refractivity contribution < 1.29 is 5.11 Å². The largest absolute Gasteiger partial charge is 0.396 e. The standard InChI is InChI=1S/C20H27N7O/c1-16-13-23-27-18(22-15-17-4-2-5-21-14-17)12-19(24-20(16)27)26-9-7-25(8-10-26)6-3-11-28/h2,4-5,12-14,22,28H,3,6-11,15H2,1H3. The average Bonchev–Trinajstić information content (AvgIpc) is 3.12. The molecule has 28 heavy (non-hydrogen) atoms. The molecule has 0 spiro atoms. The molecule has 0 bridgehead atoms.